The number of hydrogen-bond acceptors (Lipinski definition) is 6. The zero-order valence-electron chi connectivity index (χ0n) is 17.9. The van der Waals surface area contributed by atoms with Gasteiger partial charge in [-0.15, -0.1) is 0 Å². The zero-order chi connectivity index (χ0) is 22.1. The Bertz CT molecular complexity index is 1310. The summed E-state index contributed by atoms with van der Waals surface area (Å²) >= 11 is 0. The van der Waals surface area contributed by atoms with Gasteiger partial charge in [0.05, 0.1) is 22.1 Å². The first kappa shape index (κ1) is 19.7. The molecule has 0 spiro atoms. The fraction of sp³-hybridized carbons (Fsp3) is 0.320. The van der Waals surface area contributed by atoms with Crippen molar-refractivity contribution >= 4 is 17.0 Å². The number of ether oxygens (including phenoxy) is 2. The highest BCUT2D eigenvalue weighted by Gasteiger charge is 2.35. The van der Waals surface area contributed by atoms with Crippen LogP contribution in [0.15, 0.2) is 45.8 Å². The number of hydrogen-bond donors (Lipinski definition) is 2. The summed E-state index contributed by atoms with van der Waals surface area (Å²) in [6.45, 7) is 7.26. The predicted molar refractivity (Wildman–Crippen MR) is 118 cm³/mol. The van der Waals surface area contributed by atoms with Gasteiger partial charge in [-0.1, -0.05) is 0 Å². The van der Waals surface area contributed by atoms with E-state index in [-0.39, 0.29) is 16.7 Å². The molecule has 0 aliphatic carbocycles. The number of benzene rings is 2. The third-order valence-electron chi connectivity index (χ3n) is 5.91. The van der Waals surface area contributed by atoms with E-state index in [0.717, 1.165) is 5.56 Å². The molecular weight excluding hydrogens is 396 g/mol. The van der Waals surface area contributed by atoms with Crippen molar-refractivity contribution in [2.24, 2.45) is 0 Å². The smallest absolute Gasteiger partial charge is 0.200 e. The molecule has 0 fully saturated rings. The van der Waals surface area contributed by atoms with Crippen LogP contribution in [-0.4, -0.2) is 27.5 Å². The van der Waals surface area contributed by atoms with E-state index in [0.29, 0.717) is 40.0 Å². The molecule has 1 aromatic heterocycles. The highest BCUT2D eigenvalue weighted by atomic mass is 16.5. The molecular formula is C25H24O6. The Morgan fingerprint density at radius 2 is 1.90 bits per heavy atom. The Kier molecular flexibility index (Phi) is 4.05. The molecule has 160 valence electrons. The van der Waals surface area contributed by atoms with E-state index in [2.05, 4.69) is 0 Å². The third-order valence-corrected chi connectivity index (χ3v) is 5.91. The molecule has 5 rings (SSSR count). The minimum Gasteiger partial charge on any atom is -0.507 e. The zero-order valence-corrected chi connectivity index (χ0v) is 17.9. The molecule has 3 heterocycles. The maximum atomic E-state index is 13.3. The average molecular weight is 420 g/mol. The Hall–Kier alpha value is -3.25. The topological polar surface area (TPSA) is 89.1 Å². The molecule has 0 saturated heterocycles. The Balaban J connectivity index is 1.61. The van der Waals surface area contributed by atoms with Crippen molar-refractivity contribution in [3.63, 3.8) is 0 Å². The largest absolute Gasteiger partial charge is 0.507 e. The van der Waals surface area contributed by atoms with Crippen molar-refractivity contribution in [1.29, 1.82) is 0 Å². The van der Waals surface area contributed by atoms with Gasteiger partial charge in [0.25, 0.3) is 0 Å². The van der Waals surface area contributed by atoms with Gasteiger partial charge < -0.3 is 24.1 Å². The lowest BCUT2D eigenvalue weighted by Crippen LogP contribution is -2.39. The summed E-state index contributed by atoms with van der Waals surface area (Å²) in [6.07, 6.45) is 5.14. The Morgan fingerprint density at radius 3 is 2.65 bits per heavy atom. The van der Waals surface area contributed by atoms with Gasteiger partial charge in [-0.25, -0.2) is 0 Å². The van der Waals surface area contributed by atoms with Crippen LogP contribution in [0.4, 0.5) is 0 Å². The van der Waals surface area contributed by atoms with Crippen molar-refractivity contribution in [2.45, 2.75) is 51.4 Å². The first-order valence-electron chi connectivity index (χ1n) is 10.3. The lowest BCUT2D eigenvalue weighted by Gasteiger charge is -2.28. The van der Waals surface area contributed by atoms with Gasteiger partial charge in [0.15, 0.2) is 0 Å². The second kappa shape index (κ2) is 6.37. The normalized spacial score (nSPS) is 18.9. The molecule has 6 nitrogen and oxygen atoms in total. The van der Waals surface area contributed by atoms with E-state index >= 15 is 0 Å². The van der Waals surface area contributed by atoms with Crippen LogP contribution in [0.1, 0.15) is 38.8 Å². The van der Waals surface area contributed by atoms with Crippen LogP contribution in [0.3, 0.4) is 0 Å². The number of rotatable bonds is 2. The average Bonchev–Trinajstić information content (AvgIpc) is 3.11. The standard InChI is InChI=1S/C25H24O6/c1-24(2)8-7-15-18(31-24)6-5-14(22(15)26)17-12-29-20-11-19-13(9-16(20)23(17)27)10-21(30-19)25(3,4)28/h5-9,11-12,21,26,28H,10H2,1-4H3/t21-/m0/s1. The number of aliphatic hydroxyl groups is 1. The predicted octanol–water partition coefficient (Wildman–Crippen LogP) is 4.42. The molecule has 3 aromatic rings. The van der Waals surface area contributed by atoms with Gasteiger partial charge >= 0.3 is 0 Å². The van der Waals surface area contributed by atoms with E-state index in [1.807, 2.05) is 19.9 Å². The second-order valence-corrected chi connectivity index (χ2v) is 9.31. The van der Waals surface area contributed by atoms with Crippen LogP contribution in [0.5, 0.6) is 17.2 Å². The molecule has 2 aliphatic rings. The van der Waals surface area contributed by atoms with Crippen LogP contribution in [0, 0.1) is 0 Å². The lowest BCUT2D eigenvalue weighted by molar-refractivity contribution is -0.0229. The van der Waals surface area contributed by atoms with Crippen LogP contribution < -0.4 is 14.9 Å². The minimum atomic E-state index is -1.01. The van der Waals surface area contributed by atoms with Crippen molar-refractivity contribution in [2.75, 3.05) is 0 Å². The molecule has 2 aliphatic heterocycles. The van der Waals surface area contributed by atoms with E-state index in [1.165, 1.54) is 6.26 Å². The van der Waals surface area contributed by atoms with Crippen LogP contribution in [-0.2, 0) is 6.42 Å². The number of phenols is 1. The second-order valence-electron chi connectivity index (χ2n) is 9.31. The van der Waals surface area contributed by atoms with E-state index in [1.54, 1.807) is 44.2 Å². The summed E-state index contributed by atoms with van der Waals surface area (Å²) in [5, 5.41) is 21.6. The van der Waals surface area contributed by atoms with Gasteiger partial charge in [0, 0.05) is 18.1 Å². The molecule has 0 saturated carbocycles. The Labute approximate surface area is 179 Å². The SMILES string of the molecule is CC1(C)C=Cc2c(ccc(-c3coc4cc5c(cc4c3=O)C[C@@H](C(C)(C)O)O5)c2O)O1. The fourth-order valence-corrected chi connectivity index (χ4v) is 4.10. The molecule has 1 atom stereocenters. The third kappa shape index (κ3) is 3.18. The summed E-state index contributed by atoms with van der Waals surface area (Å²) in [5.74, 6) is 1.14. The van der Waals surface area contributed by atoms with E-state index < -0.39 is 17.3 Å². The van der Waals surface area contributed by atoms with Crippen molar-refractivity contribution < 1.29 is 24.1 Å². The molecule has 31 heavy (non-hydrogen) atoms. The van der Waals surface area contributed by atoms with Gasteiger partial charge in [-0.05, 0) is 63.6 Å². The number of fused-ring (bicyclic) bond motifs is 3. The quantitative estimate of drug-likeness (QED) is 0.638. The number of phenolic OH excluding ortho intramolecular Hbond substituents is 1. The van der Waals surface area contributed by atoms with Crippen molar-refractivity contribution in [1.82, 2.24) is 0 Å². The van der Waals surface area contributed by atoms with Gasteiger partial charge in [-0.2, -0.15) is 0 Å². The molecule has 6 heteroatoms. The van der Waals surface area contributed by atoms with Crippen LogP contribution in [0.2, 0.25) is 0 Å². The van der Waals surface area contributed by atoms with Gasteiger partial charge in [0.2, 0.25) is 5.43 Å². The monoisotopic (exact) mass is 420 g/mol. The van der Waals surface area contributed by atoms with Crippen LogP contribution in [0.25, 0.3) is 28.2 Å². The van der Waals surface area contributed by atoms with E-state index in [9.17, 15) is 15.0 Å². The highest BCUT2D eigenvalue weighted by molar-refractivity contribution is 5.87. The minimum absolute atomic E-state index is 0.0255. The van der Waals surface area contributed by atoms with Gasteiger partial charge in [0.1, 0.15) is 40.8 Å². The summed E-state index contributed by atoms with van der Waals surface area (Å²) in [5.41, 5.74) is 0.707. The fourth-order valence-electron chi connectivity index (χ4n) is 4.10. The molecule has 2 aromatic carbocycles. The highest BCUT2D eigenvalue weighted by Crippen LogP contribution is 2.42. The molecule has 0 unspecified atom stereocenters. The maximum Gasteiger partial charge on any atom is 0.200 e. The molecule has 0 bridgehead atoms. The first-order chi connectivity index (χ1) is 14.5. The van der Waals surface area contributed by atoms with Crippen LogP contribution >= 0.6 is 0 Å². The van der Waals surface area contributed by atoms with Crippen molar-refractivity contribution in [3.8, 4) is 28.4 Å². The summed E-state index contributed by atoms with van der Waals surface area (Å²) in [7, 11) is 0. The van der Waals surface area contributed by atoms with E-state index in [4.69, 9.17) is 13.9 Å². The molecule has 0 amide bonds. The molecule has 0 radical (unpaired) electrons. The van der Waals surface area contributed by atoms with Gasteiger partial charge in [-0.3, -0.25) is 4.79 Å². The maximum absolute atomic E-state index is 13.3. The summed E-state index contributed by atoms with van der Waals surface area (Å²) < 4.78 is 17.5. The Morgan fingerprint density at radius 1 is 1.13 bits per heavy atom. The lowest BCUT2D eigenvalue weighted by atomic mass is 9.95. The molecule has 2 N–H and O–H groups in total. The summed E-state index contributed by atoms with van der Waals surface area (Å²) in [6, 6.07) is 6.87. The summed E-state index contributed by atoms with van der Waals surface area (Å²) in [4.78, 5) is 13.3. The number of aromatic hydroxyl groups is 1. The first-order valence-corrected chi connectivity index (χ1v) is 10.3. The van der Waals surface area contributed by atoms with Crippen molar-refractivity contribution in [3.05, 3.63) is 58.0 Å².